The summed E-state index contributed by atoms with van der Waals surface area (Å²) in [6.45, 7) is 12.0. The van der Waals surface area contributed by atoms with Crippen LogP contribution >= 0.6 is 0 Å². The summed E-state index contributed by atoms with van der Waals surface area (Å²) < 4.78 is 5.50. The van der Waals surface area contributed by atoms with E-state index in [0.29, 0.717) is 13.0 Å². The summed E-state index contributed by atoms with van der Waals surface area (Å²) in [7, 11) is 0. The largest absolute Gasteiger partial charge is 0.444 e. The number of benzene rings is 2. The molecule has 0 aliphatic heterocycles. The molecule has 0 heterocycles. The van der Waals surface area contributed by atoms with Crippen LogP contribution in [0.25, 0.3) is 0 Å². The molecule has 0 radical (unpaired) electrons. The SMILES string of the molecule is CCCCNC(=O)C(c1ccc(C)c(C)c1)N(C(=O)C(Cc1ccccc1)NC(=O)OC(C)(C)C)C1CC1. The van der Waals surface area contributed by atoms with Gasteiger partial charge in [0.05, 0.1) is 0 Å². The van der Waals surface area contributed by atoms with Crippen molar-refractivity contribution in [1.29, 1.82) is 0 Å². The quantitative estimate of drug-likeness (QED) is 0.388. The van der Waals surface area contributed by atoms with Crippen LogP contribution in [0.4, 0.5) is 4.79 Å². The van der Waals surface area contributed by atoms with E-state index in [1.165, 1.54) is 0 Å². The van der Waals surface area contributed by atoms with E-state index in [2.05, 4.69) is 17.6 Å². The highest BCUT2D eigenvalue weighted by atomic mass is 16.6. The molecular formula is C31H43N3O4. The lowest BCUT2D eigenvalue weighted by Gasteiger charge is -2.35. The number of ether oxygens (including phenoxy) is 1. The Morgan fingerprint density at radius 1 is 1.03 bits per heavy atom. The van der Waals surface area contributed by atoms with Gasteiger partial charge in [0, 0.05) is 19.0 Å². The first kappa shape index (κ1) is 29.2. The fraction of sp³-hybridized carbons (Fsp3) is 0.516. The van der Waals surface area contributed by atoms with E-state index in [-0.39, 0.29) is 17.9 Å². The van der Waals surface area contributed by atoms with Crippen molar-refractivity contribution in [2.24, 2.45) is 0 Å². The molecule has 2 aromatic rings. The Kier molecular flexibility index (Phi) is 9.95. The second kappa shape index (κ2) is 12.9. The molecule has 38 heavy (non-hydrogen) atoms. The maximum absolute atomic E-state index is 14.3. The van der Waals surface area contributed by atoms with Crippen molar-refractivity contribution in [1.82, 2.24) is 15.5 Å². The molecule has 206 valence electrons. The van der Waals surface area contributed by atoms with Crippen LogP contribution in [0.5, 0.6) is 0 Å². The Labute approximate surface area is 227 Å². The molecule has 3 amide bonds. The second-order valence-corrected chi connectivity index (χ2v) is 11.3. The molecule has 3 rings (SSSR count). The number of aryl methyl sites for hydroxylation is 2. The van der Waals surface area contributed by atoms with Crippen molar-refractivity contribution in [3.8, 4) is 0 Å². The van der Waals surface area contributed by atoms with E-state index in [0.717, 1.165) is 47.9 Å². The van der Waals surface area contributed by atoms with Crippen molar-refractivity contribution in [3.05, 3.63) is 70.8 Å². The van der Waals surface area contributed by atoms with E-state index in [1.807, 2.05) is 62.4 Å². The molecule has 0 aromatic heterocycles. The molecule has 7 nitrogen and oxygen atoms in total. The van der Waals surface area contributed by atoms with Gasteiger partial charge in [-0.1, -0.05) is 61.9 Å². The van der Waals surface area contributed by atoms with E-state index in [9.17, 15) is 14.4 Å². The normalized spacial score (nSPS) is 14.8. The average Bonchev–Trinajstić information content (AvgIpc) is 3.68. The number of carbonyl (C=O) groups is 3. The van der Waals surface area contributed by atoms with Crippen molar-refractivity contribution in [2.75, 3.05) is 6.54 Å². The lowest BCUT2D eigenvalue weighted by Crippen LogP contribution is -2.54. The van der Waals surface area contributed by atoms with Gasteiger partial charge in [-0.05, 0) is 76.1 Å². The van der Waals surface area contributed by atoms with E-state index >= 15 is 0 Å². The lowest BCUT2D eigenvalue weighted by molar-refractivity contribution is -0.143. The summed E-state index contributed by atoms with van der Waals surface area (Å²) in [5.41, 5.74) is 3.16. The van der Waals surface area contributed by atoms with Gasteiger partial charge in [0.2, 0.25) is 11.8 Å². The molecule has 1 saturated carbocycles. The monoisotopic (exact) mass is 521 g/mol. The molecule has 2 atom stereocenters. The molecular weight excluding hydrogens is 478 g/mol. The highest BCUT2D eigenvalue weighted by Crippen LogP contribution is 2.36. The fourth-order valence-electron chi connectivity index (χ4n) is 4.41. The van der Waals surface area contributed by atoms with Gasteiger partial charge in [-0.15, -0.1) is 0 Å². The minimum atomic E-state index is -0.884. The lowest BCUT2D eigenvalue weighted by atomic mass is 9.97. The third-order valence-corrected chi connectivity index (χ3v) is 6.67. The van der Waals surface area contributed by atoms with Gasteiger partial charge in [0.25, 0.3) is 0 Å². The summed E-state index contributed by atoms with van der Waals surface area (Å²) in [6.07, 6.45) is 3.09. The van der Waals surface area contributed by atoms with E-state index < -0.39 is 23.8 Å². The van der Waals surface area contributed by atoms with Crippen molar-refractivity contribution in [2.45, 2.75) is 97.4 Å². The highest BCUT2D eigenvalue weighted by Gasteiger charge is 2.44. The number of hydrogen-bond donors (Lipinski definition) is 2. The van der Waals surface area contributed by atoms with E-state index in [1.54, 1.807) is 25.7 Å². The molecule has 1 aliphatic carbocycles. The van der Waals surface area contributed by atoms with Crippen LogP contribution in [0.15, 0.2) is 48.5 Å². The third-order valence-electron chi connectivity index (χ3n) is 6.67. The summed E-state index contributed by atoms with van der Waals surface area (Å²) in [5, 5.41) is 5.87. The van der Waals surface area contributed by atoms with Crippen LogP contribution in [-0.4, -0.2) is 47.0 Å². The van der Waals surface area contributed by atoms with Gasteiger partial charge in [-0.2, -0.15) is 0 Å². The average molecular weight is 522 g/mol. The topological polar surface area (TPSA) is 87.7 Å². The Morgan fingerprint density at radius 3 is 2.29 bits per heavy atom. The summed E-state index contributed by atoms with van der Waals surface area (Å²) >= 11 is 0. The maximum atomic E-state index is 14.3. The summed E-state index contributed by atoms with van der Waals surface area (Å²) in [4.78, 5) is 42.5. The van der Waals surface area contributed by atoms with Crippen molar-refractivity contribution in [3.63, 3.8) is 0 Å². The minimum Gasteiger partial charge on any atom is -0.444 e. The Hall–Kier alpha value is -3.35. The number of hydrogen-bond acceptors (Lipinski definition) is 4. The number of unbranched alkanes of at least 4 members (excludes halogenated alkanes) is 1. The predicted molar refractivity (Wildman–Crippen MR) is 150 cm³/mol. The van der Waals surface area contributed by atoms with Crippen molar-refractivity contribution < 1.29 is 19.1 Å². The van der Waals surface area contributed by atoms with Gasteiger partial charge in [0.1, 0.15) is 17.7 Å². The number of carbonyl (C=O) groups excluding carboxylic acids is 3. The third kappa shape index (κ3) is 8.33. The Bertz CT molecular complexity index is 1110. The second-order valence-electron chi connectivity index (χ2n) is 11.3. The molecule has 2 unspecified atom stereocenters. The first-order valence-electron chi connectivity index (χ1n) is 13.7. The van der Waals surface area contributed by atoms with E-state index in [4.69, 9.17) is 4.74 Å². The minimum absolute atomic E-state index is 0.0651. The zero-order valence-electron chi connectivity index (χ0n) is 23.7. The summed E-state index contributed by atoms with van der Waals surface area (Å²) in [5.74, 6) is -0.478. The number of amides is 3. The van der Waals surface area contributed by atoms with Gasteiger partial charge >= 0.3 is 6.09 Å². The van der Waals surface area contributed by atoms with Crippen LogP contribution in [0.1, 0.15) is 81.7 Å². The first-order chi connectivity index (χ1) is 18.0. The molecule has 2 aromatic carbocycles. The molecule has 2 N–H and O–H groups in total. The molecule has 0 bridgehead atoms. The number of alkyl carbamates (subject to hydrolysis) is 1. The number of nitrogens with one attached hydrogen (secondary N) is 2. The maximum Gasteiger partial charge on any atom is 0.408 e. The molecule has 7 heteroatoms. The molecule has 0 saturated heterocycles. The van der Waals surface area contributed by atoms with Gasteiger partial charge < -0.3 is 20.3 Å². The standard InChI is InChI=1S/C31H43N3O4/c1-7-8-18-32-28(35)27(24-15-14-21(2)22(3)19-24)34(25-16-17-25)29(36)26(20-23-12-10-9-11-13-23)33-30(37)38-31(4,5)6/h9-15,19,25-27H,7-8,16-18,20H2,1-6H3,(H,32,35)(H,33,37). The van der Waals surface area contributed by atoms with Crippen LogP contribution in [0.3, 0.4) is 0 Å². The Morgan fingerprint density at radius 2 is 1.71 bits per heavy atom. The Balaban J connectivity index is 1.99. The number of nitrogens with zero attached hydrogens (tertiary/aromatic N) is 1. The van der Waals surface area contributed by atoms with Crippen LogP contribution in [-0.2, 0) is 20.7 Å². The summed E-state index contributed by atoms with van der Waals surface area (Å²) in [6, 6.07) is 13.8. The van der Waals surface area contributed by atoms with Crippen LogP contribution < -0.4 is 10.6 Å². The molecule has 1 fully saturated rings. The zero-order valence-corrected chi connectivity index (χ0v) is 23.7. The molecule has 0 spiro atoms. The van der Waals surface area contributed by atoms with Gasteiger partial charge in [-0.3, -0.25) is 9.59 Å². The molecule has 1 aliphatic rings. The smallest absolute Gasteiger partial charge is 0.408 e. The zero-order chi connectivity index (χ0) is 27.9. The predicted octanol–water partition coefficient (Wildman–Crippen LogP) is 5.39. The van der Waals surface area contributed by atoms with Crippen LogP contribution in [0, 0.1) is 13.8 Å². The first-order valence-corrected chi connectivity index (χ1v) is 13.7. The van der Waals surface area contributed by atoms with Crippen molar-refractivity contribution >= 4 is 17.9 Å². The highest BCUT2D eigenvalue weighted by molar-refractivity contribution is 5.92. The van der Waals surface area contributed by atoms with Crippen LogP contribution in [0.2, 0.25) is 0 Å². The van der Waals surface area contributed by atoms with Gasteiger partial charge in [-0.25, -0.2) is 4.79 Å². The fourth-order valence-corrected chi connectivity index (χ4v) is 4.41. The van der Waals surface area contributed by atoms with Gasteiger partial charge in [0.15, 0.2) is 0 Å². The number of rotatable bonds is 11.